The molecule has 1 fully saturated rings. The maximum absolute atomic E-state index is 5.91. The Morgan fingerprint density at radius 1 is 1.05 bits per heavy atom. The van der Waals surface area contributed by atoms with E-state index in [0.717, 1.165) is 11.8 Å². The second-order valence-corrected chi connectivity index (χ2v) is 6.30. The van der Waals surface area contributed by atoms with Crippen molar-refractivity contribution in [3.05, 3.63) is 29.8 Å². The van der Waals surface area contributed by atoms with Crippen molar-refractivity contribution in [2.24, 2.45) is 17.6 Å². The Bertz CT molecular complexity index is 381. The normalized spacial score (nSPS) is 22.4. The molecule has 2 atom stereocenters. The molecule has 1 heterocycles. The highest BCUT2D eigenvalue weighted by atomic mass is 15.1. The minimum Gasteiger partial charge on any atom is -0.372 e. The van der Waals surface area contributed by atoms with Crippen molar-refractivity contribution in [2.75, 3.05) is 18.0 Å². The summed E-state index contributed by atoms with van der Waals surface area (Å²) in [6.07, 6.45) is 4.02. The summed E-state index contributed by atoms with van der Waals surface area (Å²) < 4.78 is 0. The molecule has 0 radical (unpaired) electrons. The van der Waals surface area contributed by atoms with Gasteiger partial charge >= 0.3 is 0 Å². The fraction of sp³-hybridized carbons (Fsp3) is 0.647. The van der Waals surface area contributed by atoms with Crippen LogP contribution in [0.1, 0.15) is 51.6 Å². The Kier molecular flexibility index (Phi) is 4.87. The van der Waals surface area contributed by atoms with E-state index >= 15 is 0 Å². The summed E-state index contributed by atoms with van der Waals surface area (Å²) in [6, 6.07) is 8.93. The van der Waals surface area contributed by atoms with E-state index < -0.39 is 0 Å². The third-order valence-corrected chi connectivity index (χ3v) is 4.50. The monoisotopic (exact) mass is 260 g/mol. The van der Waals surface area contributed by atoms with Gasteiger partial charge in [0, 0.05) is 24.8 Å². The van der Waals surface area contributed by atoms with Crippen LogP contribution in [0.3, 0.4) is 0 Å². The molecule has 0 aromatic heterocycles. The van der Waals surface area contributed by atoms with Gasteiger partial charge in [0.2, 0.25) is 0 Å². The molecule has 0 amide bonds. The quantitative estimate of drug-likeness (QED) is 0.891. The average molecular weight is 260 g/mol. The van der Waals surface area contributed by atoms with Crippen LogP contribution < -0.4 is 10.6 Å². The zero-order valence-corrected chi connectivity index (χ0v) is 12.6. The highest BCUT2D eigenvalue weighted by Crippen LogP contribution is 2.27. The fourth-order valence-corrected chi connectivity index (χ4v) is 3.04. The molecule has 2 nitrogen and oxygen atoms in total. The first-order valence-electron chi connectivity index (χ1n) is 7.68. The van der Waals surface area contributed by atoms with Gasteiger partial charge in [0.1, 0.15) is 0 Å². The average Bonchev–Trinajstić information content (AvgIpc) is 2.64. The van der Waals surface area contributed by atoms with E-state index in [1.807, 2.05) is 6.92 Å². The predicted octanol–water partition coefficient (Wildman–Crippen LogP) is 3.97. The van der Waals surface area contributed by atoms with E-state index in [9.17, 15) is 0 Å². The second-order valence-electron chi connectivity index (χ2n) is 6.30. The highest BCUT2D eigenvalue weighted by molar-refractivity contribution is 5.48. The molecular weight excluding hydrogens is 232 g/mol. The van der Waals surface area contributed by atoms with Gasteiger partial charge in [-0.25, -0.2) is 0 Å². The lowest BCUT2D eigenvalue weighted by molar-refractivity contribution is 0.351. The van der Waals surface area contributed by atoms with Crippen LogP contribution in [-0.4, -0.2) is 13.1 Å². The van der Waals surface area contributed by atoms with E-state index in [2.05, 4.69) is 43.0 Å². The minimum absolute atomic E-state index is 0.128. The molecule has 0 aliphatic carbocycles. The van der Waals surface area contributed by atoms with Gasteiger partial charge < -0.3 is 10.6 Å². The van der Waals surface area contributed by atoms with E-state index in [4.69, 9.17) is 5.73 Å². The van der Waals surface area contributed by atoms with Crippen LogP contribution in [-0.2, 0) is 0 Å². The Hall–Kier alpha value is -1.02. The van der Waals surface area contributed by atoms with Crippen LogP contribution in [0.4, 0.5) is 5.69 Å². The number of benzene rings is 1. The topological polar surface area (TPSA) is 29.3 Å². The summed E-state index contributed by atoms with van der Waals surface area (Å²) in [6.45, 7) is 9.14. The molecule has 106 valence electrons. The molecule has 2 heteroatoms. The van der Waals surface area contributed by atoms with Crippen LogP contribution in [0, 0.1) is 11.8 Å². The van der Waals surface area contributed by atoms with Gasteiger partial charge in [-0.3, -0.25) is 0 Å². The van der Waals surface area contributed by atoms with Gasteiger partial charge in [-0.2, -0.15) is 0 Å². The number of rotatable bonds is 3. The van der Waals surface area contributed by atoms with Gasteiger partial charge in [-0.05, 0) is 55.7 Å². The van der Waals surface area contributed by atoms with Crippen LogP contribution in [0.5, 0.6) is 0 Å². The molecular formula is C17H28N2. The zero-order valence-electron chi connectivity index (χ0n) is 12.6. The number of nitrogens with zero attached hydrogens (tertiary/aromatic N) is 1. The lowest BCUT2D eigenvalue weighted by Gasteiger charge is -2.24. The van der Waals surface area contributed by atoms with Crippen LogP contribution >= 0.6 is 0 Å². The van der Waals surface area contributed by atoms with Crippen molar-refractivity contribution in [1.82, 2.24) is 0 Å². The lowest BCUT2D eigenvalue weighted by Crippen LogP contribution is -2.24. The summed E-state index contributed by atoms with van der Waals surface area (Å²) in [5.41, 5.74) is 8.48. The molecule has 1 saturated heterocycles. The van der Waals surface area contributed by atoms with Gasteiger partial charge in [0.15, 0.2) is 0 Å². The van der Waals surface area contributed by atoms with Crippen molar-refractivity contribution in [1.29, 1.82) is 0 Å². The fourth-order valence-electron chi connectivity index (χ4n) is 3.04. The van der Waals surface area contributed by atoms with Crippen molar-refractivity contribution >= 4 is 5.69 Å². The first-order chi connectivity index (χ1) is 9.08. The zero-order chi connectivity index (χ0) is 13.8. The Morgan fingerprint density at radius 3 is 2.32 bits per heavy atom. The maximum Gasteiger partial charge on any atom is 0.0366 e. The molecule has 0 bridgehead atoms. The van der Waals surface area contributed by atoms with Gasteiger partial charge in [-0.1, -0.05) is 26.0 Å². The third kappa shape index (κ3) is 3.73. The van der Waals surface area contributed by atoms with Crippen molar-refractivity contribution in [3.8, 4) is 0 Å². The summed E-state index contributed by atoms with van der Waals surface area (Å²) in [7, 11) is 0. The first-order valence-corrected chi connectivity index (χ1v) is 7.68. The van der Waals surface area contributed by atoms with Crippen molar-refractivity contribution in [3.63, 3.8) is 0 Å². The molecule has 0 saturated carbocycles. The van der Waals surface area contributed by atoms with E-state index in [1.54, 1.807) is 0 Å². The summed E-state index contributed by atoms with van der Waals surface area (Å²) in [4.78, 5) is 2.54. The third-order valence-electron chi connectivity index (χ3n) is 4.50. The summed E-state index contributed by atoms with van der Waals surface area (Å²) >= 11 is 0. The smallest absolute Gasteiger partial charge is 0.0366 e. The number of hydrogen-bond donors (Lipinski definition) is 1. The molecule has 2 rings (SSSR count). The summed E-state index contributed by atoms with van der Waals surface area (Å²) in [5.74, 6) is 1.72. The van der Waals surface area contributed by atoms with E-state index in [-0.39, 0.29) is 6.04 Å². The number of nitrogens with two attached hydrogens (primary N) is 1. The maximum atomic E-state index is 5.91. The second kappa shape index (κ2) is 6.42. The first kappa shape index (κ1) is 14.4. The van der Waals surface area contributed by atoms with E-state index in [1.165, 1.54) is 43.6 Å². The largest absolute Gasteiger partial charge is 0.372 e. The molecule has 1 aliphatic heterocycles. The molecule has 1 aromatic rings. The van der Waals surface area contributed by atoms with Crippen LogP contribution in [0.25, 0.3) is 0 Å². The molecule has 19 heavy (non-hydrogen) atoms. The Morgan fingerprint density at radius 2 is 1.74 bits per heavy atom. The number of anilines is 1. The van der Waals surface area contributed by atoms with Gasteiger partial charge in [0.25, 0.3) is 0 Å². The predicted molar refractivity (Wildman–Crippen MR) is 83.4 cm³/mol. The molecule has 2 N–H and O–H groups in total. The molecule has 0 spiro atoms. The Labute approximate surface area is 118 Å². The molecule has 1 aliphatic rings. The van der Waals surface area contributed by atoms with Crippen molar-refractivity contribution in [2.45, 2.75) is 46.1 Å². The highest BCUT2D eigenvalue weighted by Gasteiger charge is 2.19. The SMILES string of the molecule is CC(C)C1CCCN(c2ccc([C@H](C)N)cc2)CC1. The lowest BCUT2D eigenvalue weighted by atomic mass is 9.89. The van der Waals surface area contributed by atoms with Crippen molar-refractivity contribution < 1.29 is 0 Å². The Balaban J connectivity index is 2.01. The minimum atomic E-state index is 0.128. The van der Waals surface area contributed by atoms with Crippen LogP contribution in [0.15, 0.2) is 24.3 Å². The van der Waals surface area contributed by atoms with Gasteiger partial charge in [0.05, 0.1) is 0 Å². The molecule has 1 unspecified atom stereocenters. The van der Waals surface area contributed by atoms with Crippen LogP contribution in [0.2, 0.25) is 0 Å². The standard InChI is InChI=1S/C17H28N2/c1-13(2)15-5-4-11-19(12-10-15)17-8-6-16(7-9-17)14(3)18/h6-9,13-15H,4-5,10-12,18H2,1-3H3/t14-,15?/m0/s1. The summed E-state index contributed by atoms with van der Waals surface area (Å²) in [5, 5.41) is 0. The number of hydrogen-bond acceptors (Lipinski definition) is 2. The molecule has 1 aromatic carbocycles. The van der Waals surface area contributed by atoms with E-state index in [0.29, 0.717) is 0 Å². The van der Waals surface area contributed by atoms with Gasteiger partial charge in [-0.15, -0.1) is 0 Å².